The molecule has 5 nitrogen and oxygen atoms in total. The van der Waals surface area contributed by atoms with Gasteiger partial charge in [0.25, 0.3) is 0 Å². The highest BCUT2D eigenvalue weighted by atomic mass is 19.1. The van der Waals surface area contributed by atoms with Crippen LogP contribution < -0.4 is 11.1 Å². The lowest BCUT2D eigenvalue weighted by molar-refractivity contribution is -0.118. The highest BCUT2D eigenvalue weighted by molar-refractivity contribution is 5.96. The first-order valence-corrected chi connectivity index (χ1v) is 6.24. The summed E-state index contributed by atoms with van der Waals surface area (Å²) in [5.41, 5.74) is 4.90. The first kappa shape index (κ1) is 15.1. The smallest absolute Gasteiger partial charge is 0.340 e. The van der Waals surface area contributed by atoms with Gasteiger partial charge in [-0.25, -0.2) is 13.6 Å². The molecule has 1 aromatic carbocycles. The summed E-state index contributed by atoms with van der Waals surface area (Å²) < 4.78 is 31.5. The van der Waals surface area contributed by atoms with Crippen molar-refractivity contribution in [2.75, 3.05) is 12.4 Å². The summed E-state index contributed by atoms with van der Waals surface area (Å²) in [5.74, 6) is -3.93. The number of anilines is 1. The maximum absolute atomic E-state index is 13.7. The Hall–Kier alpha value is -2.28. The van der Waals surface area contributed by atoms with E-state index in [1.165, 1.54) is 0 Å². The van der Waals surface area contributed by atoms with E-state index in [9.17, 15) is 18.4 Å². The predicted octanol–water partition coefficient (Wildman–Crippen LogP) is 1.59. The average Bonchev–Trinajstić information content (AvgIpc) is 2.87. The van der Waals surface area contributed by atoms with Crippen molar-refractivity contribution in [3.05, 3.63) is 41.5 Å². The molecular formula is C14H14F2N2O3. The summed E-state index contributed by atoms with van der Waals surface area (Å²) in [5, 5.41) is 2.32. The number of rotatable bonds is 3. The Morgan fingerprint density at radius 1 is 1.29 bits per heavy atom. The van der Waals surface area contributed by atoms with Crippen LogP contribution >= 0.6 is 0 Å². The van der Waals surface area contributed by atoms with Crippen LogP contribution in [-0.4, -0.2) is 25.0 Å². The number of hydrogen-bond donors (Lipinski definition) is 2. The molecule has 112 valence electrons. The molecule has 0 spiro atoms. The zero-order valence-electron chi connectivity index (χ0n) is 11.2. The van der Waals surface area contributed by atoms with Gasteiger partial charge in [-0.2, -0.15) is 0 Å². The molecule has 0 heterocycles. The Balaban J connectivity index is 2.22. The Morgan fingerprint density at radius 3 is 2.57 bits per heavy atom. The average molecular weight is 296 g/mol. The van der Waals surface area contributed by atoms with Crippen LogP contribution in [0, 0.1) is 17.6 Å². The molecule has 1 aromatic rings. The molecule has 2 unspecified atom stereocenters. The zero-order valence-corrected chi connectivity index (χ0v) is 11.2. The number of amides is 1. The maximum atomic E-state index is 13.7. The molecule has 0 aliphatic heterocycles. The molecule has 2 rings (SSSR count). The molecule has 1 amide bonds. The van der Waals surface area contributed by atoms with Crippen molar-refractivity contribution in [2.24, 2.45) is 11.7 Å². The topological polar surface area (TPSA) is 81.4 Å². The number of nitrogens with one attached hydrogen (secondary N) is 1. The minimum absolute atomic E-state index is 0.218. The largest absolute Gasteiger partial charge is 0.465 e. The predicted molar refractivity (Wildman–Crippen MR) is 71.5 cm³/mol. The molecule has 0 bridgehead atoms. The molecule has 0 saturated carbocycles. The SMILES string of the molecule is COC(=O)c1cc(NC(=O)C2C=CC(N)C2)c(F)cc1F. The first-order chi connectivity index (χ1) is 9.92. The van der Waals surface area contributed by atoms with E-state index in [1.54, 1.807) is 12.2 Å². The number of ether oxygens (including phenoxy) is 1. The summed E-state index contributed by atoms with van der Waals surface area (Å²) in [4.78, 5) is 23.3. The van der Waals surface area contributed by atoms with Crippen molar-refractivity contribution in [1.29, 1.82) is 0 Å². The number of halogens is 2. The third-order valence-electron chi connectivity index (χ3n) is 3.17. The van der Waals surface area contributed by atoms with Gasteiger partial charge in [-0.05, 0) is 12.5 Å². The molecular weight excluding hydrogens is 282 g/mol. The number of nitrogens with two attached hydrogens (primary N) is 1. The second-order valence-electron chi connectivity index (χ2n) is 4.68. The molecule has 0 radical (unpaired) electrons. The van der Waals surface area contributed by atoms with Crippen LogP contribution in [0.15, 0.2) is 24.3 Å². The highest BCUT2D eigenvalue weighted by Crippen LogP contribution is 2.23. The number of benzene rings is 1. The van der Waals surface area contributed by atoms with Crippen molar-refractivity contribution < 1.29 is 23.1 Å². The second-order valence-corrected chi connectivity index (χ2v) is 4.68. The Morgan fingerprint density at radius 2 is 2.00 bits per heavy atom. The van der Waals surface area contributed by atoms with Crippen LogP contribution in [0.1, 0.15) is 16.8 Å². The number of methoxy groups -OCH3 is 1. The molecule has 2 atom stereocenters. The van der Waals surface area contributed by atoms with Gasteiger partial charge in [-0.15, -0.1) is 0 Å². The van der Waals surface area contributed by atoms with Gasteiger partial charge in [0.15, 0.2) is 0 Å². The Bertz CT molecular complexity index is 616. The lowest BCUT2D eigenvalue weighted by Crippen LogP contribution is -2.24. The van der Waals surface area contributed by atoms with E-state index in [0.29, 0.717) is 12.5 Å². The number of carbonyl (C=O) groups is 2. The number of carbonyl (C=O) groups excluding carboxylic acids is 2. The van der Waals surface area contributed by atoms with Crippen LogP contribution in [0.25, 0.3) is 0 Å². The number of hydrogen-bond acceptors (Lipinski definition) is 4. The molecule has 0 saturated heterocycles. The van der Waals surface area contributed by atoms with Gasteiger partial charge in [0, 0.05) is 12.1 Å². The maximum Gasteiger partial charge on any atom is 0.340 e. The monoisotopic (exact) mass is 296 g/mol. The van der Waals surface area contributed by atoms with E-state index in [-0.39, 0.29) is 11.7 Å². The summed E-state index contributed by atoms with van der Waals surface area (Å²) in [6.07, 6.45) is 3.73. The normalized spacial score (nSPS) is 20.4. The van der Waals surface area contributed by atoms with Crippen LogP contribution in [0.3, 0.4) is 0 Å². The Labute approximate surface area is 119 Å². The van der Waals surface area contributed by atoms with Crippen LogP contribution in [0.5, 0.6) is 0 Å². The molecule has 7 heteroatoms. The van der Waals surface area contributed by atoms with E-state index >= 15 is 0 Å². The van der Waals surface area contributed by atoms with Crippen LogP contribution in [-0.2, 0) is 9.53 Å². The van der Waals surface area contributed by atoms with E-state index in [2.05, 4.69) is 10.1 Å². The highest BCUT2D eigenvalue weighted by Gasteiger charge is 2.24. The standard InChI is InChI=1S/C14H14F2N2O3/c1-21-14(20)9-5-12(11(16)6-10(9)15)18-13(19)7-2-3-8(17)4-7/h2-3,5-8H,4,17H2,1H3,(H,18,19). The molecule has 21 heavy (non-hydrogen) atoms. The van der Waals surface area contributed by atoms with Gasteiger partial charge in [0.2, 0.25) is 5.91 Å². The fourth-order valence-corrected chi connectivity index (χ4v) is 2.06. The van der Waals surface area contributed by atoms with Crippen molar-refractivity contribution in [3.63, 3.8) is 0 Å². The second kappa shape index (κ2) is 6.01. The zero-order chi connectivity index (χ0) is 15.6. The number of esters is 1. The fraction of sp³-hybridized carbons (Fsp3) is 0.286. The third kappa shape index (κ3) is 3.25. The van der Waals surface area contributed by atoms with E-state index < -0.39 is 35.0 Å². The first-order valence-electron chi connectivity index (χ1n) is 6.24. The van der Waals surface area contributed by atoms with E-state index in [4.69, 9.17) is 5.73 Å². The van der Waals surface area contributed by atoms with Crippen molar-refractivity contribution in [1.82, 2.24) is 0 Å². The van der Waals surface area contributed by atoms with Gasteiger partial charge in [-0.1, -0.05) is 12.2 Å². The van der Waals surface area contributed by atoms with Gasteiger partial charge in [-0.3, -0.25) is 4.79 Å². The van der Waals surface area contributed by atoms with Crippen molar-refractivity contribution >= 4 is 17.6 Å². The summed E-state index contributed by atoms with van der Waals surface area (Å²) >= 11 is 0. The summed E-state index contributed by atoms with van der Waals surface area (Å²) in [6.45, 7) is 0. The van der Waals surface area contributed by atoms with Gasteiger partial charge < -0.3 is 15.8 Å². The molecule has 0 aromatic heterocycles. The minimum atomic E-state index is -1.06. The van der Waals surface area contributed by atoms with Crippen LogP contribution in [0.2, 0.25) is 0 Å². The van der Waals surface area contributed by atoms with Crippen molar-refractivity contribution in [2.45, 2.75) is 12.5 Å². The summed E-state index contributed by atoms with van der Waals surface area (Å²) in [6, 6.07) is 1.22. The van der Waals surface area contributed by atoms with Crippen molar-refractivity contribution in [3.8, 4) is 0 Å². The third-order valence-corrected chi connectivity index (χ3v) is 3.17. The van der Waals surface area contributed by atoms with E-state index in [1.807, 2.05) is 0 Å². The quantitative estimate of drug-likeness (QED) is 0.655. The van der Waals surface area contributed by atoms with Gasteiger partial charge in [0.05, 0.1) is 24.3 Å². The fourth-order valence-electron chi connectivity index (χ4n) is 2.06. The molecule has 1 aliphatic carbocycles. The van der Waals surface area contributed by atoms with Gasteiger partial charge in [0.1, 0.15) is 11.6 Å². The molecule has 1 aliphatic rings. The van der Waals surface area contributed by atoms with E-state index in [0.717, 1.165) is 13.2 Å². The lowest BCUT2D eigenvalue weighted by atomic mass is 10.1. The molecule has 3 N–H and O–H groups in total. The lowest BCUT2D eigenvalue weighted by Gasteiger charge is -2.12. The van der Waals surface area contributed by atoms with Crippen LogP contribution in [0.4, 0.5) is 14.5 Å². The van der Waals surface area contributed by atoms with Gasteiger partial charge >= 0.3 is 5.97 Å². The molecule has 0 fully saturated rings. The minimum Gasteiger partial charge on any atom is -0.465 e. The Kier molecular flexibility index (Phi) is 4.32. The summed E-state index contributed by atoms with van der Waals surface area (Å²) in [7, 11) is 1.08.